The first-order chi connectivity index (χ1) is 9.78. The molecule has 0 heterocycles. The molecular formula is C14H19FN2O3S. The van der Waals surface area contributed by atoms with Crippen LogP contribution in [0.4, 0.5) is 10.1 Å². The molecular weight excluding hydrogens is 295 g/mol. The predicted octanol–water partition coefficient (Wildman–Crippen LogP) is 2.38. The normalized spacial score (nSPS) is 17.7. The Labute approximate surface area is 123 Å². The number of amides is 1. The maximum absolute atomic E-state index is 13.7. The lowest BCUT2D eigenvalue weighted by Crippen LogP contribution is -2.33. The number of hydrogen-bond donors (Lipinski definition) is 2. The summed E-state index contributed by atoms with van der Waals surface area (Å²) in [6, 6.07) is 3.39. The van der Waals surface area contributed by atoms with Crippen LogP contribution < -0.4 is 10.5 Å². The predicted molar refractivity (Wildman–Crippen MR) is 77.6 cm³/mol. The van der Waals surface area contributed by atoms with E-state index in [1.807, 2.05) is 6.92 Å². The maximum Gasteiger partial charge on any atom is 0.240 e. The summed E-state index contributed by atoms with van der Waals surface area (Å²) in [6.07, 6.45) is 4.41. The number of carbonyl (C=O) groups is 1. The molecule has 3 N–H and O–H groups in total. The van der Waals surface area contributed by atoms with Crippen molar-refractivity contribution < 1.29 is 17.6 Å². The zero-order chi connectivity index (χ0) is 15.7. The number of nitrogens with two attached hydrogens (primary N) is 1. The zero-order valence-electron chi connectivity index (χ0n) is 11.9. The number of anilines is 1. The van der Waals surface area contributed by atoms with Gasteiger partial charge in [-0.2, -0.15) is 0 Å². The second kappa shape index (κ2) is 5.73. The minimum Gasteiger partial charge on any atom is -0.326 e. The van der Waals surface area contributed by atoms with Crippen molar-refractivity contribution in [2.75, 3.05) is 5.32 Å². The van der Waals surface area contributed by atoms with Crippen LogP contribution in [0.3, 0.4) is 0 Å². The first-order valence-corrected chi connectivity index (χ1v) is 8.47. The maximum atomic E-state index is 13.7. The summed E-state index contributed by atoms with van der Waals surface area (Å²) in [7, 11) is -4.10. The number of halogens is 1. The van der Waals surface area contributed by atoms with Gasteiger partial charge in [-0.1, -0.05) is 19.8 Å². The highest BCUT2D eigenvalue weighted by molar-refractivity contribution is 7.89. The molecule has 1 saturated carbocycles. The van der Waals surface area contributed by atoms with Gasteiger partial charge in [-0.15, -0.1) is 0 Å². The number of carbonyl (C=O) groups excluding carboxylic acids is 1. The fourth-order valence-corrected chi connectivity index (χ4v) is 3.45. The summed E-state index contributed by atoms with van der Waals surface area (Å²) in [6.45, 7) is 1.97. The van der Waals surface area contributed by atoms with Crippen molar-refractivity contribution in [2.45, 2.75) is 43.9 Å². The Kier molecular flexibility index (Phi) is 4.34. The van der Waals surface area contributed by atoms with Crippen molar-refractivity contribution in [3.05, 3.63) is 24.0 Å². The standard InChI is InChI=1S/C14H19FN2O3S/c1-2-14(7-3-4-8-14)13(18)17-10-5-6-12(11(15)9-10)21(16,19)20/h5-6,9H,2-4,7-8H2,1H3,(H,17,18)(H2,16,19,20). The number of benzene rings is 1. The molecule has 116 valence electrons. The van der Waals surface area contributed by atoms with Gasteiger partial charge < -0.3 is 5.32 Å². The molecule has 1 aliphatic carbocycles. The minimum atomic E-state index is -4.10. The Morgan fingerprint density at radius 2 is 2.00 bits per heavy atom. The Balaban J connectivity index is 2.21. The first kappa shape index (κ1) is 15.9. The van der Waals surface area contributed by atoms with Crippen molar-refractivity contribution in [3.63, 3.8) is 0 Å². The molecule has 0 bridgehead atoms. The van der Waals surface area contributed by atoms with E-state index < -0.39 is 26.2 Å². The molecule has 1 fully saturated rings. The summed E-state index contributed by atoms with van der Waals surface area (Å²) in [5.41, 5.74) is -0.153. The van der Waals surface area contributed by atoms with Crippen LogP contribution in [0.5, 0.6) is 0 Å². The summed E-state index contributed by atoms with van der Waals surface area (Å²) < 4.78 is 36.0. The molecule has 0 aromatic heterocycles. The first-order valence-electron chi connectivity index (χ1n) is 6.92. The van der Waals surface area contributed by atoms with E-state index >= 15 is 0 Å². The largest absolute Gasteiger partial charge is 0.326 e. The van der Waals surface area contributed by atoms with Crippen molar-refractivity contribution in [1.82, 2.24) is 0 Å². The molecule has 0 unspecified atom stereocenters. The third kappa shape index (κ3) is 3.24. The average molecular weight is 314 g/mol. The van der Waals surface area contributed by atoms with Gasteiger partial charge in [-0.3, -0.25) is 4.79 Å². The van der Waals surface area contributed by atoms with Crippen LogP contribution in [-0.2, 0) is 14.8 Å². The van der Waals surface area contributed by atoms with Crippen molar-refractivity contribution in [2.24, 2.45) is 10.6 Å². The van der Waals surface area contributed by atoms with Crippen molar-refractivity contribution in [1.29, 1.82) is 0 Å². The molecule has 0 spiro atoms. The molecule has 2 rings (SSSR count). The van der Waals surface area contributed by atoms with Crippen LogP contribution in [0, 0.1) is 11.2 Å². The van der Waals surface area contributed by atoms with E-state index in [0.717, 1.165) is 44.2 Å². The molecule has 0 aliphatic heterocycles. The van der Waals surface area contributed by atoms with Crippen LogP contribution in [-0.4, -0.2) is 14.3 Å². The highest BCUT2D eigenvalue weighted by Crippen LogP contribution is 2.41. The smallest absolute Gasteiger partial charge is 0.240 e. The van der Waals surface area contributed by atoms with Crippen LogP contribution >= 0.6 is 0 Å². The molecule has 1 aromatic carbocycles. The van der Waals surface area contributed by atoms with Crippen molar-refractivity contribution in [3.8, 4) is 0 Å². The quantitative estimate of drug-likeness (QED) is 0.894. The van der Waals surface area contributed by atoms with Crippen LogP contribution in [0.25, 0.3) is 0 Å². The van der Waals surface area contributed by atoms with E-state index in [9.17, 15) is 17.6 Å². The SMILES string of the molecule is CCC1(C(=O)Nc2ccc(S(N)(=O)=O)c(F)c2)CCCC1. The Hall–Kier alpha value is -1.47. The second-order valence-corrected chi connectivity index (χ2v) is 7.02. The third-order valence-corrected chi connectivity index (χ3v) is 5.16. The highest BCUT2D eigenvalue weighted by atomic mass is 32.2. The van der Waals surface area contributed by atoms with Crippen LogP contribution in [0.15, 0.2) is 23.1 Å². The number of hydrogen-bond acceptors (Lipinski definition) is 3. The van der Waals surface area contributed by atoms with E-state index in [2.05, 4.69) is 5.32 Å². The molecule has 21 heavy (non-hydrogen) atoms. The van der Waals surface area contributed by atoms with Crippen molar-refractivity contribution >= 4 is 21.6 Å². The topological polar surface area (TPSA) is 89.3 Å². The van der Waals surface area contributed by atoms with E-state index in [-0.39, 0.29) is 11.6 Å². The minimum absolute atomic E-state index is 0.134. The molecule has 7 heteroatoms. The summed E-state index contributed by atoms with van der Waals surface area (Å²) in [4.78, 5) is 11.8. The van der Waals surface area contributed by atoms with Gasteiger partial charge in [0.1, 0.15) is 10.7 Å². The van der Waals surface area contributed by atoms with Gasteiger partial charge >= 0.3 is 0 Å². The van der Waals surface area contributed by atoms with Crippen LogP contribution in [0.1, 0.15) is 39.0 Å². The summed E-state index contributed by atoms with van der Waals surface area (Å²) in [5.74, 6) is -1.10. The lowest BCUT2D eigenvalue weighted by Gasteiger charge is -2.26. The fourth-order valence-electron chi connectivity index (χ4n) is 2.87. The zero-order valence-corrected chi connectivity index (χ0v) is 12.7. The molecule has 1 amide bonds. The van der Waals surface area contributed by atoms with Gasteiger partial charge in [0.15, 0.2) is 0 Å². The molecule has 0 atom stereocenters. The monoisotopic (exact) mass is 314 g/mol. The van der Waals surface area contributed by atoms with Gasteiger partial charge in [0, 0.05) is 11.1 Å². The summed E-state index contributed by atoms with van der Waals surface area (Å²) >= 11 is 0. The number of primary sulfonamides is 1. The highest BCUT2D eigenvalue weighted by Gasteiger charge is 2.39. The van der Waals surface area contributed by atoms with E-state index in [1.54, 1.807) is 0 Å². The van der Waals surface area contributed by atoms with Gasteiger partial charge in [0.25, 0.3) is 0 Å². The molecule has 0 radical (unpaired) electrons. The number of nitrogens with one attached hydrogen (secondary N) is 1. The second-order valence-electron chi connectivity index (χ2n) is 5.49. The lowest BCUT2D eigenvalue weighted by atomic mass is 9.82. The lowest BCUT2D eigenvalue weighted by molar-refractivity contribution is -0.125. The van der Waals surface area contributed by atoms with Crippen LogP contribution in [0.2, 0.25) is 0 Å². The van der Waals surface area contributed by atoms with E-state index in [1.165, 1.54) is 6.07 Å². The average Bonchev–Trinajstić information content (AvgIpc) is 2.87. The fraction of sp³-hybridized carbons (Fsp3) is 0.500. The Morgan fingerprint density at radius 3 is 2.48 bits per heavy atom. The van der Waals surface area contributed by atoms with E-state index in [4.69, 9.17) is 5.14 Å². The van der Waals surface area contributed by atoms with Gasteiger partial charge in [0.05, 0.1) is 0 Å². The molecule has 0 saturated heterocycles. The number of rotatable bonds is 4. The Bertz CT molecular complexity index is 652. The van der Waals surface area contributed by atoms with Gasteiger partial charge in [-0.25, -0.2) is 17.9 Å². The third-order valence-electron chi connectivity index (χ3n) is 4.22. The molecule has 1 aliphatic rings. The number of sulfonamides is 1. The Morgan fingerprint density at radius 1 is 1.38 bits per heavy atom. The van der Waals surface area contributed by atoms with E-state index in [0.29, 0.717) is 0 Å². The molecule has 5 nitrogen and oxygen atoms in total. The van der Waals surface area contributed by atoms with Gasteiger partial charge in [-0.05, 0) is 37.5 Å². The van der Waals surface area contributed by atoms with Gasteiger partial charge in [0.2, 0.25) is 15.9 Å². The molecule has 1 aromatic rings. The summed E-state index contributed by atoms with van der Waals surface area (Å²) in [5, 5.41) is 7.58.